The average molecular weight is 244 g/mol. The van der Waals surface area contributed by atoms with Crippen molar-refractivity contribution in [1.82, 2.24) is 10.6 Å². The fourth-order valence-electron chi connectivity index (χ4n) is 2.09. The van der Waals surface area contributed by atoms with Gasteiger partial charge in [-0.05, 0) is 32.7 Å². The average Bonchev–Trinajstić information content (AvgIpc) is 2.30. The Labute approximate surface area is 103 Å². The SMILES string of the molecule is COCC(O)CCNC(=O)C1(C)CCCNC1. The van der Waals surface area contributed by atoms with E-state index in [0.717, 1.165) is 25.9 Å². The summed E-state index contributed by atoms with van der Waals surface area (Å²) >= 11 is 0. The van der Waals surface area contributed by atoms with Crippen molar-refractivity contribution in [2.75, 3.05) is 33.4 Å². The lowest BCUT2D eigenvalue weighted by Gasteiger charge is -2.32. The van der Waals surface area contributed by atoms with E-state index < -0.39 is 6.10 Å². The third-order valence-electron chi connectivity index (χ3n) is 3.27. The second-order valence-corrected chi connectivity index (χ2v) is 4.99. The molecule has 100 valence electrons. The predicted molar refractivity (Wildman–Crippen MR) is 65.7 cm³/mol. The van der Waals surface area contributed by atoms with Crippen LogP contribution in [0.2, 0.25) is 0 Å². The van der Waals surface area contributed by atoms with Crippen molar-refractivity contribution in [1.29, 1.82) is 0 Å². The Morgan fingerprint density at radius 1 is 1.65 bits per heavy atom. The molecule has 0 aromatic rings. The van der Waals surface area contributed by atoms with Gasteiger partial charge in [0.15, 0.2) is 0 Å². The fraction of sp³-hybridized carbons (Fsp3) is 0.917. The van der Waals surface area contributed by atoms with E-state index in [1.807, 2.05) is 6.92 Å². The topological polar surface area (TPSA) is 70.6 Å². The van der Waals surface area contributed by atoms with Crippen molar-refractivity contribution in [3.05, 3.63) is 0 Å². The molecule has 1 saturated heterocycles. The zero-order chi connectivity index (χ0) is 12.7. The van der Waals surface area contributed by atoms with Gasteiger partial charge < -0.3 is 20.5 Å². The van der Waals surface area contributed by atoms with Crippen LogP contribution in [0, 0.1) is 5.41 Å². The van der Waals surface area contributed by atoms with Gasteiger partial charge in [0.2, 0.25) is 5.91 Å². The number of nitrogens with one attached hydrogen (secondary N) is 2. The summed E-state index contributed by atoms with van der Waals surface area (Å²) in [6.07, 6.45) is 1.99. The molecule has 0 bridgehead atoms. The molecule has 2 unspecified atom stereocenters. The van der Waals surface area contributed by atoms with Crippen LogP contribution in [0.4, 0.5) is 0 Å². The van der Waals surface area contributed by atoms with E-state index in [-0.39, 0.29) is 11.3 Å². The molecule has 17 heavy (non-hydrogen) atoms. The molecule has 0 aromatic heterocycles. The number of methoxy groups -OCH3 is 1. The Kier molecular flexibility index (Phi) is 5.88. The van der Waals surface area contributed by atoms with Crippen LogP contribution in [-0.4, -0.2) is 50.5 Å². The highest BCUT2D eigenvalue weighted by molar-refractivity contribution is 5.82. The number of amides is 1. The summed E-state index contributed by atoms with van der Waals surface area (Å²) in [6, 6.07) is 0. The van der Waals surface area contributed by atoms with Crippen molar-refractivity contribution in [3.63, 3.8) is 0 Å². The fourth-order valence-corrected chi connectivity index (χ4v) is 2.09. The van der Waals surface area contributed by atoms with Gasteiger partial charge in [0, 0.05) is 20.2 Å². The number of aliphatic hydroxyl groups excluding tert-OH is 1. The van der Waals surface area contributed by atoms with Gasteiger partial charge in [-0.1, -0.05) is 0 Å². The first-order valence-corrected chi connectivity index (χ1v) is 6.24. The molecule has 1 amide bonds. The molecule has 2 atom stereocenters. The molecule has 0 radical (unpaired) electrons. The predicted octanol–water partition coefficient (Wildman–Crippen LogP) is -0.110. The first-order chi connectivity index (χ1) is 8.08. The van der Waals surface area contributed by atoms with Crippen LogP contribution >= 0.6 is 0 Å². The van der Waals surface area contributed by atoms with E-state index in [1.54, 1.807) is 7.11 Å². The minimum atomic E-state index is -0.502. The maximum Gasteiger partial charge on any atom is 0.227 e. The zero-order valence-corrected chi connectivity index (χ0v) is 10.8. The number of aliphatic hydroxyl groups is 1. The smallest absolute Gasteiger partial charge is 0.227 e. The van der Waals surface area contributed by atoms with Crippen LogP contribution in [0.25, 0.3) is 0 Å². The van der Waals surface area contributed by atoms with Crippen LogP contribution in [0.15, 0.2) is 0 Å². The summed E-state index contributed by atoms with van der Waals surface area (Å²) in [5.74, 6) is 0.0781. The van der Waals surface area contributed by atoms with Crippen LogP contribution in [0.5, 0.6) is 0 Å². The molecule has 5 heteroatoms. The molecule has 1 aliphatic heterocycles. The Balaban J connectivity index is 2.24. The molecule has 0 aliphatic carbocycles. The third kappa shape index (κ3) is 4.61. The van der Waals surface area contributed by atoms with E-state index in [4.69, 9.17) is 4.74 Å². The van der Waals surface area contributed by atoms with Crippen molar-refractivity contribution in [2.24, 2.45) is 5.41 Å². The van der Waals surface area contributed by atoms with Crippen LogP contribution in [0.3, 0.4) is 0 Å². The summed E-state index contributed by atoms with van der Waals surface area (Å²) in [5.41, 5.74) is -0.301. The first-order valence-electron chi connectivity index (χ1n) is 6.24. The van der Waals surface area contributed by atoms with Gasteiger partial charge in [0.25, 0.3) is 0 Å². The molecule has 0 saturated carbocycles. The second-order valence-electron chi connectivity index (χ2n) is 4.99. The summed E-state index contributed by atoms with van der Waals surface area (Å²) < 4.78 is 4.82. The lowest BCUT2D eigenvalue weighted by atomic mass is 9.82. The second kappa shape index (κ2) is 6.93. The summed E-state index contributed by atoms with van der Waals surface area (Å²) in [6.45, 7) is 4.53. The van der Waals surface area contributed by atoms with E-state index in [1.165, 1.54) is 0 Å². The van der Waals surface area contributed by atoms with Gasteiger partial charge in [-0.3, -0.25) is 4.79 Å². The monoisotopic (exact) mass is 244 g/mol. The molecular formula is C12H24N2O3. The lowest BCUT2D eigenvalue weighted by molar-refractivity contribution is -0.131. The molecule has 0 aromatic carbocycles. The number of piperidine rings is 1. The molecule has 3 N–H and O–H groups in total. The highest BCUT2D eigenvalue weighted by Gasteiger charge is 2.34. The molecule has 1 rings (SSSR count). The number of ether oxygens (including phenoxy) is 1. The maximum atomic E-state index is 12.0. The standard InChI is InChI=1S/C12H24N2O3/c1-12(5-3-6-13-9-12)11(16)14-7-4-10(15)8-17-2/h10,13,15H,3-9H2,1-2H3,(H,14,16). The summed E-state index contributed by atoms with van der Waals surface area (Å²) in [7, 11) is 1.55. The number of carbonyl (C=O) groups excluding carboxylic acids is 1. The minimum Gasteiger partial charge on any atom is -0.391 e. The highest BCUT2D eigenvalue weighted by atomic mass is 16.5. The number of carbonyl (C=O) groups is 1. The van der Waals surface area contributed by atoms with Gasteiger partial charge in [0.05, 0.1) is 18.1 Å². The first kappa shape index (κ1) is 14.4. The van der Waals surface area contributed by atoms with E-state index in [9.17, 15) is 9.90 Å². The molecule has 0 spiro atoms. The summed E-state index contributed by atoms with van der Waals surface area (Å²) in [5, 5.41) is 15.6. The minimum absolute atomic E-state index is 0.0781. The summed E-state index contributed by atoms with van der Waals surface area (Å²) in [4.78, 5) is 12.0. The molecule has 1 heterocycles. The Morgan fingerprint density at radius 2 is 2.41 bits per heavy atom. The quantitative estimate of drug-likeness (QED) is 0.610. The van der Waals surface area contributed by atoms with Gasteiger partial charge >= 0.3 is 0 Å². The number of hydrogen-bond donors (Lipinski definition) is 3. The van der Waals surface area contributed by atoms with E-state index in [2.05, 4.69) is 10.6 Å². The van der Waals surface area contributed by atoms with Gasteiger partial charge in [-0.2, -0.15) is 0 Å². The number of hydrogen-bond acceptors (Lipinski definition) is 4. The largest absolute Gasteiger partial charge is 0.391 e. The van der Waals surface area contributed by atoms with Gasteiger partial charge in [-0.25, -0.2) is 0 Å². The maximum absolute atomic E-state index is 12.0. The van der Waals surface area contributed by atoms with Crippen LogP contribution < -0.4 is 10.6 Å². The zero-order valence-electron chi connectivity index (χ0n) is 10.8. The van der Waals surface area contributed by atoms with E-state index in [0.29, 0.717) is 19.6 Å². The van der Waals surface area contributed by atoms with Gasteiger partial charge in [-0.15, -0.1) is 0 Å². The van der Waals surface area contributed by atoms with Crippen LogP contribution in [0.1, 0.15) is 26.2 Å². The Bertz CT molecular complexity index is 240. The van der Waals surface area contributed by atoms with Crippen LogP contribution in [-0.2, 0) is 9.53 Å². The van der Waals surface area contributed by atoms with Gasteiger partial charge in [0.1, 0.15) is 0 Å². The van der Waals surface area contributed by atoms with Crippen molar-refractivity contribution >= 4 is 5.91 Å². The van der Waals surface area contributed by atoms with E-state index >= 15 is 0 Å². The number of rotatable bonds is 6. The molecule has 1 fully saturated rings. The van der Waals surface area contributed by atoms with Crippen molar-refractivity contribution < 1.29 is 14.6 Å². The molecule has 1 aliphatic rings. The third-order valence-corrected chi connectivity index (χ3v) is 3.27. The highest BCUT2D eigenvalue weighted by Crippen LogP contribution is 2.25. The van der Waals surface area contributed by atoms with Crippen molar-refractivity contribution in [2.45, 2.75) is 32.3 Å². The normalized spacial score (nSPS) is 26.5. The molecular weight excluding hydrogens is 220 g/mol. The Hall–Kier alpha value is -0.650. The molecule has 5 nitrogen and oxygen atoms in total. The van der Waals surface area contributed by atoms with Crippen molar-refractivity contribution in [3.8, 4) is 0 Å². The lowest BCUT2D eigenvalue weighted by Crippen LogP contribution is -2.49. The Morgan fingerprint density at radius 3 is 3.00 bits per heavy atom.